The van der Waals surface area contributed by atoms with Gasteiger partial charge in [0.2, 0.25) is 0 Å². The zero-order chi connectivity index (χ0) is 14.6. The standard InChI is InChI=1S/C18H36N2/c1-5-10-15(3)20-13-17(16-11-8-7-9-12-16)19-14-18(20,4)6-2/h15-17,19H,5-14H2,1-4H3. The summed E-state index contributed by atoms with van der Waals surface area (Å²) in [5.41, 5.74) is 0.361. The summed E-state index contributed by atoms with van der Waals surface area (Å²) < 4.78 is 0. The van der Waals surface area contributed by atoms with E-state index in [9.17, 15) is 0 Å². The fraction of sp³-hybridized carbons (Fsp3) is 1.00. The van der Waals surface area contributed by atoms with Crippen LogP contribution in [-0.2, 0) is 0 Å². The number of hydrogen-bond acceptors (Lipinski definition) is 2. The fourth-order valence-corrected chi connectivity index (χ4v) is 4.42. The van der Waals surface area contributed by atoms with Crippen LogP contribution in [0.1, 0.15) is 79.1 Å². The Labute approximate surface area is 126 Å². The highest BCUT2D eigenvalue weighted by Gasteiger charge is 2.40. The zero-order valence-corrected chi connectivity index (χ0v) is 14.3. The van der Waals surface area contributed by atoms with Gasteiger partial charge in [0.25, 0.3) is 0 Å². The smallest absolute Gasteiger partial charge is 0.0306 e. The monoisotopic (exact) mass is 280 g/mol. The van der Waals surface area contributed by atoms with E-state index in [4.69, 9.17) is 0 Å². The first kappa shape index (κ1) is 16.3. The summed E-state index contributed by atoms with van der Waals surface area (Å²) in [5, 5.41) is 3.92. The van der Waals surface area contributed by atoms with Crippen LogP contribution in [-0.4, -0.2) is 35.6 Å². The van der Waals surface area contributed by atoms with Gasteiger partial charge >= 0.3 is 0 Å². The van der Waals surface area contributed by atoms with Crippen molar-refractivity contribution in [1.82, 2.24) is 10.2 Å². The van der Waals surface area contributed by atoms with Crippen molar-refractivity contribution in [1.29, 1.82) is 0 Å². The Morgan fingerprint density at radius 3 is 2.50 bits per heavy atom. The molecule has 1 saturated heterocycles. The highest BCUT2D eigenvalue weighted by molar-refractivity contribution is 4.99. The molecule has 0 radical (unpaired) electrons. The van der Waals surface area contributed by atoms with Crippen molar-refractivity contribution in [3.63, 3.8) is 0 Å². The Bertz CT molecular complexity index is 285. The second-order valence-electron chi connectivity index (χ2n) is 7.53. The van der Waals surface area contributed by atoms with E-state index in [2.05, 4.69) is 37.9 Å². The van der Waals surface area contributed by atoms with Gasteiger partial charge in [-0.1, -0.05) is 39.5 Å². The lowest BCUT2D eigenvalue weighted by atomic mass is 9.80. The van der Waals surface area contributed by atoms with E-state index in [-0.39, 0.29) is 0 Å². The Hall–Kier alpha value is -0.0800. The largest absolute Gasteiger partial charge is 0.311 e. The van der Waals surface area contributed by atoms with Crippen LogP contribution < -0.4 is 5.32 Å². The van der Waals surface area contributed by atoms with Gasteiger partial charge in [-0.2, -0.15) is 0 Å². The number of nitrogens with one attached hydrogen (secondary N) is 1. The first-order valence-corrected chi connectivity index (χ1v) is 9.11. The van der Waals surface area contributed by atoms with E-state index in [1.54, 1.807) is 0 Å². The average molecular weight is 280 g/mol. The molecular formula is C18H36N2. The first-order chi connectivity index (χ1) is 9.60. The number of hydrogen-bond donors (Lipinski definition) is 1. The summed E-state index contributed by atoms with van der Waals surface area (Å²) in [6, 6.07) is 1.48. The molecule has 0 aromatic heterocycles. The van der Waals surface area contributed by atoms with Crippen molar-refractivity contribution < 1.29 is 0 Å². The molecule has 2 nitrogen and oxygen atoms in total. The predicted octanol–water partition coefficient (Wildman–Crippen LogP) is 4.20. The molecule has 1 heterocycles. The van der Waals surface area contributed by atoms with Gasteiger partial charge < -0.3 is 5.32 Å². The van der Waals surface area contributed by atoms with Crippen molar-refractivity contribution in [3.8, 4) is 0 Å². The molecule has 0 amide bonds. The van der Waals surface area contributed by atoms with Crippen molar-refractivity contribution >= 4 is 0 Å². The molecule has 2 fully saturated rings. The third-order valence-electron chi connectivity index (χ3n) is 6.05. The number of piperazine rings is 1. The molecule has 1 N–H and O–H groups in total. The molecule has 2 heteroatoms. The Morgan fingerprint density at radius 2 is 1.90 bits per heavy atom. The normalized spacial score (nSPS) is 35.1. The third-order valence-corrected chi connectivity index (χ3v) is 6.05. The average Bonchev–Trinajstić information content (AvgIpc) is 2.49. The second kappa shape index (κ2) is 7.26. The maximum absolute atomic E-state index is 3.92. The summed E-state index contributed by atoms with van der Waals surface area (Å²) in [4.78, 5) is 2.84. The van der Waals surface area contributed by atoms with Crippen molar-refractivity contribution in [2.75, 3.05) is 13.1 Å². The molecule has 2 rings (SSSR count). The molecule has 0 spiro atoms. The zero-order valence-electron chi connectivity index (χ0n) is 14.3. The summed E-state index contributed by atoms with van der Waals surface area (Å²) in [6.45, 7) is 12.0. The molecular weight excluding hydrogens is 244 g/mol. The van der Waals surface area contributed by atoms with Crippen molar-refractivity contribution in [3.05, 3.63) is 0 Å². The van der Waals surface area contributed by atoms with Crippen LogP contribution >= 0.6 is 0 Å². The van der Waals surface area contributed by atoms with Crippen molar-refractivity contribution in [2.24, 2.45) is 5.92 Å². The van der Waals surface area contributed by atoms with Gasteiger partial charge in [-0.3, -0.25) is 4.90 Å². The van der Waals surface area contributed by atoms with E-state index < -0.39 is 0 Å². The van der Waals surface area contributed by atoms with E-state index in [1.807, 2.05) is 0 Å². The molecule has 1 aliphatic carbocycles. The lowest BCUT2D eigenvalue weighted by molar-refractivity contribution is -0.00186. The van der Waals surface area contributed by atoms with Crippen molar-refractivity contribution in [2.45, 2.75) is 96.7 Å². The van der Waals surface area contributed by atoms with Crippen LogP contribution in [0.25, 0.3) is 0 Å². The minimum Gasteiger partial charge on any atom is -0.311 e. The topological polar surface area (TPSA) is 15.3 Å². The van der Waals surface area contributed by atoms with E-state index in [0.29, 0.717) is 5.54 Å². The van der Waals surface area contributed by atoms with Gasteiger partial charge in [-0.25, -0.2) is 0 Å². The summed E-state index contributed by atoms with van der Waals surface area (Å²) in [5.74, 6) is 0.932. The highest BCUT2D eigenvalue weighted by Crippen LogP contribution is 2.33. The molecule has 0 aromatic carbocycles. The first-order valence-electron chi connectivity index (χ1n) is 9.11. The van der Waals surface area contributed by atoms with E-state index in [1.165, 1.54) is 64.5 Å². The van der Waals surface area contributed by atoms with Gasteiger partial charge in [-0.05, 0) is 45.4 Å². The number of nitrogens with zero attached hydrogens (tertiary/aromatic N) is 1. The minimum absolute atomic E-state index is 0.361. The van der Waals surface area contributed by atoms with Crippen LogP contribution in [0.15, 0.2) is 0 Å². The van der Waals surface area contributed by atoms with Gasteiger partial charge in [0.1, 0.15) is 0 Å². The Kier molecular flexibility index (Phi) is 5.92. The molecule has 2 aliphatic rings. The summed E-state index contributed by atoms with van der Waals surface area (Å²) >= 11 is 0. The lowest BCUT2D eigenvalue weighted by Crippen LogP contribution is -2.66. The minimum atomic E-state index is 0.361. The maximum Gasteiger partial charge on any atom is 0.0306 e. The maximum atomic E-state index is 3.92. The van der Waals surface area contributed by atoms with Gasteiger partial charge in [0.05, 0.1) is 0 Å². The quantitative estimate of drug-likeness (QED) is 0.812. The summed E-state index contributed by atoms with van der Waals surface area (Å²) in [6.07, 6.45) is 11.2. The van der Waals surface area contributed by atoms with Gasteiger partial charge in [-0.15, -0.1) is 0 Å². The molecule has 3 atom stereocenters. The number of rotatable bonds is 5. The summed E-state index contributed by atoms with van der Waals surface area (Å²) in [7, 11) is 0. The predicted molar refractivity (Wildman–Crippen MR) is 88.1 cm³/mol. The molecule has 0 aromatic rings. The molecule has 20 heavy (non-hydrogen) atoms. The molecule has 1 saturated carbocycles. The highest BCUT2D eigenvalue weighted by atomic mass is 15.3. The fourth-order valence-electron chi connectivity index (χ4n) is 4.42. The lowest BCUT2D eigenvalue weighted by Gasteiger charge is -2.52. The van der Waals surface area contributed by atoms with Gasteiger partial charge in [0.15, 0.2) is 0 Å². The van der Waals surface area contributed by atoms with Crippen LogP contribution in [0, 0.1) is 5.92 Å². The Morgan fingerprint density at radius 1 is 1.20 bits per heavy atom. The van der Waals surface area contributed by atoms with Gasteiger partial charge in [0, 0.05) is 30.7 Å². The molecule has 118 valence electrons. The molecule has 0 bridgehead atoms. The molecule has 1 aliphatic heterocycles. The van der Waals surface area contributed by atoms with Crippen LogP contribution in [0.5, 0.6) is 0 Å². The van der Waals surface area contributed by atoms with E-state index in [0.717, 1.165) is 18.0 Å². The Balaban J connectivity index is 2.03. The SMILES string of the molecule is CCCC(C)N1CC(C2CCCCC2)NCC1(C)CC. The van der Waals surface area contributed by atoms with Crippen LogP contribution in [0.4, 0.5) is 0 Å². The second-order valence-corrected chi connectivity index (χ2v) is 7.53. The molecule has 3 unspecified atom stereocenters. The third kappa shape index (κ3) is 3.57. The van der Waals surface area contributed by atoms with Crippen LogP contribution in [0.2, 0.25) is 0 Å². The van der Waals surface area contributed by atoms with Crippen LogP contribution in [0.3, 0.4) is 0 Å². The van der Waals surface area contributed by atoms with E-state index >= 15 is 0 Å².